The Balaban J connectivity index is 2.08. The quantitative estimate of drug-likeness (QED) is 0.260. The highest BCUT2D eigenvalue weighted by Crippen LogP contribution is 2.46. The van der Waals surface area contributed by atoms with E-state index in [1.165, 1.54) is 33.7 Å². The lowest BCUT2D eigenvalue weighted by atomic mass is 9.83. The van der Waals surface area contributed by atoms with Crippen LogP contribution in [0.3, 0.4) is 0 Å². The van der Waals surface area contributed by atoms with E-state index in [1.807, 2.05) is 12.1 Å². The molecule has 7 rings (SSSR count). The van der Waals surface area contributed by atoms with Gasteiger partial charge in [0.05, 0.1) is 0 Å². The summed E-state index contributed by atoms with van der Waals surface area (Å²) >= 11 is 0. The van der Waals surface area contributed by atoms with Crippen LogP contribution in [0.4, 0.5) is 0 Å². The zero-order chi connectivity index (χ0) is 18.6. The van der Waals surface area contributed by atoms with Gasteiger partial charge in [-0.05, 0) is 66.0 Å². The lowest BCUT2D eigenvalue weighted by molar-refractivity contribution is 1.63. The van der Waals surface area contributed by atoms with Crippen molar-refractivity contribution >= 4 is 64.6 Å². The lowest BCUT2D eigenvalue weighted by Gasteiger charge is -2.19. The molecule has 7 aromatic carbocycles. The first-order valence-corrected chi connectivity index (χ1v) is 9.38. The molecular formula is C26H12O2. The van der Waals surface area contributed by atoms with Crippen molar-refractivity contribution in [2.45, 2.75) is 0 Å². The van der Waals surface area contributed by atoms with E-state index in [0.717, 1.165) is 32.3 Å². The van der Waals surface area contributed by atoms with E-state index in [1.54, 1.807) is 0 Å². The fourth-order valence-electron chi connectivity index (χ4n) is 5.24. The molecule has 0 amide bonds. The second-order valence-electron chi connectivity index (χ2n) is 7.60. The Bertz CT molecular complexity index is 1710. The van der Waals surface area contributed by atoms with E-state index in [-0.39, 0.29) is 10.9 Å². The molecule has 0 saturated carbocycles. The van der Waals surface area contributed by atoms with Crippen molar-refractivity contribution in [3.63, 3.8) is 0 Å². The van der Waals surface area contributed by atoms with Gasteiger partial charge in [-0.3, -0.25) is 9.59 Å². The largest absolute Gasteiger partial charge is 0.289 e. The van der Waals surface area contributed by atoms with E-state index in [9.17, 15) is 9.59 Å². The van der Waals surface area contributed by atoms with E-state index in [4.69, 9.17) is 0 Å². The Morgan fingerprint density at radius 1 is 0.357 bits per heavy atom. The normalized spacial score (nSPS) is 12.6. The average Bonchev–Trinajstić information content (AvgIpc) is 2.74. The molecule has 0 fully saturated rings. The van der Waals surface area contributed by atoms with Gasteiger partial charge in [0.25, 0.3) is 0 Å². The Hall–Kier alpha value is -3.78. The highest BCUT2D eigenvalue weighted by molar-refractivity contribution is 6.44. The molecule has 0 aliphatic heterocycles. The second-order valence-corrected chi connectivity index (χ2v) is 7.60. The molecule has 0 atom stereocenters. The van der Waals surface area contributed by atoms with Gasteiger partial charge in [-0.2, -0.15) is 0 Å². The third-order valence-corrected chi connectivity index (χ3v) is 6.30. The molecule has 128 valence electrons. The van der Waals surface area contributed by atoms with Crippen LogP contribution >= 0.6 is 0 Å². The zero-order valence-corrected chi connectivity index (χ0v) is 14.7. The molecule has 0 bridgehead atoms. The molecule has 2 nitrogen and oxygen atoms in total. The van der Waals surface area contributed by atoms with Crippen LogP contribution in [0.1, 0.15) is 0 Å². The number of hydrogen-bond donors (Lipinski definition) is 0. The van der Waals surface area contributed by atoms with Crippen LogP contribution < -0.4 is 10.9 Å². The summed E-state index contributed by atoms with van der Waals surface area (Å²) in [5, 5.41) is 12.1. The Morgan fingerprint density at radius 2 is 0.821 bits per heavy atom. The van der Waals surface area contributed by atoms with E-state index in [2.05, 4.69) is 48.5 Å². The number of benzene rings is 7. The molecule has 7 aromatic rings. The number of fused-ring (bicyclic) bond motifs is 4. The predicted octanol–water partition coefficient (Wildman–Crippen LogP) is 5.64. The second kappa shape index (κ2) is 4.55. The maximum atomic E-state index is 12.9. The number of rotatable bonds is 0. The minimum absolute atomic E-state index is 0.0905. The van der Waals surface area contributed by atoms with Gasteiger partial charge in [0.1, 0.15) is 0 Å². The van der Waals surface area contributed by atoms with Crippen LogP contribution in [-0.4, -0.2) is 0 Å². The molecule has 2 heteroatoms. The molecule has 0 saturated heterocycles. The van der Waals surface area contributed by atoms with Crippen LogP contribution in [-0.2, 0) is 0 Å². The van der Waals surface area contributed by atoms with Crippen molar-refractivity contribution in [1.82, 2.24) is 0 Å². The van der Waals surface area contributed by atoms with Crippen molar-refractivity contribution in [2.24, 2.45) is 0 Å². The summed E-state index contributed by atoms with van der Waals surface area (Å²) in [4.78, 5) is 25.7. The van der Waals surface area contributed by atoms with Crippen molar-refractivity contribution < 1.29 is 0 Å². The van der Waals surface area contributed by atoms with E-state index >= 15 is 0 Å². The van der Waals surface area contributed by atoms with Gasteiger partial charge in [0.15, 0.2) is 10.9 Å². The standard InChI is InChI=1S/C26H12O2/c27-19-11-12-20(28)24-18-10-8-14-4-2-6-16-15-5-1-3-13-7-9-17(23(19)24)25(21(13)15)26(18)22(14)16/h1-12H. The molecule has 0 heterocycles. The first-order valence-electron chi connectivity index (χ1n) is 9.38. The third kappa shape index (κ3) is 1.44. The van der Waals surface area contributed by atoms with Gasteiger partial charge in [0, 0.05) is 10.8 Å². The monoisotopic (exact) mass is 356 g/mol. The van der Waals surface area contributed by atoms with Crippen molar-refractivity contribution in [2.75, 3.05) is 0 Å². The van der Waals surface area contributed by atoms with Crippen LogP contribution in [0.25, 0.3) is 64.6 Å². The molecule has 0 aromatic heterocycles. The maximum absolute atomic E-state index is 12.9. The summed E-state index contributed by atoms with van der Waals surface area (Å²) in [6.45, 7) is 0. The van der Waals surface area contributed by atoms with Crippen LogP contribution in [0.15, 0.2) is 82.4 Å². The molecule has 0 unspecified atom stereocenters. The third-order valence-electron chi connectivity index (χ3n) is 6.30. The van der Waals surface area contributed by atoms with Gasteiger partial charge in [-0.15, -0.1) is 0 Å². The van der Waals surface area contributed by atoms with Crippen molar-refractivity contribution in [1.29, 1.82) is 0 Å². The number of hydrogen-bond acceptors (Lipinski definition) is 2. The Kier molecular flexibility index (Phi) is 2.32. The summed E-state index contributed by atoms with van der Waals surface area (Å²) in [5.41, 5.74) is -0.181. The summed E-state index contributed by atoms with van der Waals surface area (Å²) in [5.74, 6) is 0. The molecule has 28 heavy (non-hydrogen) atoms. The SMILES string of the molecule is O=c1ccc(=O)c2c3ccc4cccc5c6cccc7ccc(c12)c(c76)c3c45. The molecule has 0 radical (unpaired) electrons. The van der Waals surface area contributed by atoms with Gasteiger partial charge in [-0.1, -0.05) is 60.7 Å². The van der Waals surface area contributed by atoms with E-state index in [0.29, 0.717) is 10.8 Å². The highest BCUT2D eigenvalue weighted by Gasteiger charge is 2.21. The van der Waals surface area contributed by atoms with Crippen molar-refractivity contribution in [3.8, 4) is 0 Å². The minimum Gasteiger partial charge on any atom is -0.289 e. The fraction of sp³-hybridized carbons (Fsp3) is 0. The maximum Gasteiger partial charge on any atom is 0.187 e. The molecule has 0 N–H and O–H groups in total. The highest BCUT2D eigenvalue weighted by atomic mass is 16.1. The molecule has 0 spiro atoms. The van der Waals surface area contributed by atoms with Crippen molar-refractivity contribution in [3.05, 3.63) is 93.2 Å². The first-order chi connectivity index (χ1) is 13.7. The molecule has 0 aliphatic rings. The first kappa shape index (κ1) is 14.3. The average molecular weight is 356 g/mol. The topological polar surface area (TPSA) is 34.1 Å². The Labute approximate surface area is 158 Å². The Morgan fingerprint density at radius 3 is 1.29 bits per heavy atom. The molecular weight excluding hydrogens is 344 g/mol. The van der Waals surface area contributed by atoms with Crippen LogP contribution in [0.2, 0.25) is 0 Å². The van der Waals surface area contributed by atoms with Gasteiger partial charge in [-0.25, -0.2) is 0 Å². The van der Waals surface area contributed by atoms with E-state index < -0.39 is 0 Å². The zero-order valence-electron chi connectivity index (χ0n) is 14.7. The summed E-state index contributed by atoms with van der Waals surface area (Å²) in [6.07, 6.45) is 0. The predicted molar refractivity (Wildman–Crippen MR) is 118 cm³/mol. The van der Waals surface area contributed by atoms with Crippen LogP contribution in [0.5, 0.6) is 0 Å². The summed E-state index contributed by atoms with van der Waals surface area (Å²) < 4.78 is 0. The summed E-state index contributed by atoms with van der Waals surface area (Å²) in [6, 6.07) is 23.7. The van der Waals surface area contributed by atoms with Gasteiger partial charge < -0.3 is 0 Å². The van der Waals surface area contributed by atoms with Crippen LogP contribution in [0, 0.1) is 0 Å². The summed E-state index contributed by atoms with van der Waals surface area (Å²) in [7, 11) is 0. The van der Waals surface area contributed by atoms with Gasteiger partial charge in [0.2, 0.25) is 0 Å². The fourth-order valence-corrected chi connectivity index (χ4v) is 5.24. The van der Waals surface area contributed by atoms with Gasteiger partial charge >= 0.3 is 0 Å². The minimum atomic E-state index is -0.0905. The lowest BCUT2D eigenvalue weighted by Crippen LogP contribution is -2.10. The molecule has 0 aliphatic carbocycles. The smallest absolute Gasteiger partial charge is 0.187 e.